The normalized spacial score (nSPS) is 12.7. The van der Waals surface area contributed by atoms with Gasteiger partial charge in [0.1, 0.15) is 17.7 Å². The number of anilines is 1. The van der Waals surface area contributed by atoms with Gasteiger partial charge in [0.05, 0.1) is 0 Å². The summed E-state index contributed by atoms with van der Waals surface area (Å²) in [5.41, 5.74) is 6.46. The number of aryl methyl sites for hydroxylation is 1. The fourth-order valence-corrected chi connectivity index (χ4v) is 1.62. The summed E-state index contributed by atoms with van der Waals surface area (Å²) in [7, 11) is 0. The van der Waals surface area contributed by atoms with Gasteiger partial charge in [0, 0.05) is 18.3 Å². The number of rotatable bonds is 6. The Labute approximate surface area is 107 Å². The van der Waals surface area contributed by atoms with Gasteiger partial charge < -0.3 is 16.2 Å². The first kappa shape index (κ1) is 14.4. The molecule has 0 aliphatic carbocycles. The third kappa shape index (κ3) is 4.29. The molecule has 1 unspecified atom stereocenters. The highest BCUT2D eigenvalue weighted by Crippen LogP contribution is 2.09. The van der Waals surface area contributed by atoms with Crippen LogP contribution in [0.3, 0.4) is 0 Å². The van der Waals surface area contributed by atoms with Crippen LogP contribution in [-0.2, 0) is 11.3 Å². The van der Waals surface area contributed by atoms with Crippen LogP contribution >= 0.6 is 0 Å². The van der Waals surface area contributed by atoms with E-state index in [1.165, 1.54) is 0 Å². The lowest BCUT2D eigenvalue weighted by Gasteiger charge is -2.16. The first-order valence-electron chi connectivity index (χ1n) is 5.94. The Kier molecular flexibility index (Phi) is 5.03. The van der Waals surface area contributed by atoms with Crippen molar-refractivity contribution in [1.29, 1.82) is 0 Å². The molecule has 1 aromatic rings. The zero-order chi connectivity index (χ0) is 13.7. The van der Waals surface area contributed by atoms with Gasteiger partial charge in [-0.2, -0.15) is 0 Å². The van der Waals surface area contributed by atoms with Crippen LogP contribution in [0.1, 0.15) is 31.7 Å². The molecule has 1 heterocycles. The Morgan fingerprint density at radius 2 is 2.22 bits per heavy atom. The van der Waals surface area contributed by atoms with E-state index in [-0.39, 0.29) is 0 Å². The molecular formula is C12H20N4O2. The van der Waals surface area contributed by atoms with Crippen LogP contribution in [-0.4, -0.2) is 27.1 Å². The number of carboxylic acids is 1. The van der Waals surface area contributed by atoms with Gasteiger partial charge in [0.15, 0.2) is 0 Å². The maximum absolute atomic E-state index is 11.1. The van der Waals surface area contributed by atoms with Crippen LogP contribution in [0.25, 0.3) is 0 Å². The summed E-state index contributed by atoms with van der Waals surface area (Å²) >= 11 is 0. The molecule has 100 valence electrons. The van der Waals surface area contributed by atoms with Crippen molar-refractivity contribution >= 4 is 11.8 Å². The van der Waals surface area contributed by atoms with Crippen molar-refractivity contribution in [3.05, 3.63) is 17.6 Å². The van der Waals surface area contributed by atoms with Gasteiger partial charge in [-0.3, -0.25) is 4.79 Å². The second-order valence-corrected chi connectivity index (χ2v) is 4.73. The van der Waals surface area contributed by atoms with Crippen molar-refractivity contribution in [1.82, 2.24) is 15.3 Å². The molecule has 0 amide bonds. The molecule has 0 fully saturated rings. The summed E-state index contributed by atoms with van der Waals surface area (Å²) < 4.78 is 0. The molecule has 6 heteroatoms. The number of nitrogens with one attached hydrogen (secondary N) is 1. The summed E-state index contributed by atoms with van der Waals surface area (Å²) in [5, 5.41) is 12.1. The first-order chi connectivity index (χ1) is 8.40. The standard InChI is InChI=1S/C12H20N4O2/c1-7(2)4-10(12(17)18)15-6-9-5-14-8(3)16-11(9)13/h5,7,10,15H,4,6H2,1-3H3,(H,17,18)(H2,13,14,16). The van der Waals surface area contributed by atoms with Crippen molar-refractivity contribution in [2.24, 2.45) is 5.92 Å². The average Bonchev–Trinajstić information content (AvgIpc) is 2.25. The molecule has 18 heavy (non-hydrogen) atoms. The molecule has 0 saturated carbocycles. The lowest BCUT2D eigenvalue weighted by molar-refractivity contribution is -0.140. The minimum atomic E-state index is -0.852. The van der Waals surface area contributed by atoms with E-state index in [0.717, 1.165) is 5.56 Å². The van der Waals surface area contributed by atoms with E-state index in [4.69, 9.17) is 10.8 Å². The van der Waals surface area contributed by atoms with Crippen molar-refractivity contribution in [2.45, 2.75) is 39.8 Å². The maximum atomic E-state index is 11.1. The number of carbonyl (C=O) groups is 1. The van der Waals surface area contributed by atoms with Crippen LogP contribution in [0, 0.1) is 12.8 Å². The molecule has 0 aromatic carbocycles. The van der Waals surface area contributed by atoms with E-state index in [9.17, 15) is 4.79 Å². The molecule has 0 spiro atoms. The number of nitrogen functional groups attached to an aromatic ring is 1. The van der Waals surface area contributed by atoms with E-state index >= 15 is 0 Å². The van der Waals surface area contributed by atoms with Crippen molar-refractivity contribution in [2.75, 3.05) is 5.73 Å². The summed E-state index contributed by atoms with van der Waals surface area (Å²) in [6.07, 6.45) is 2.20. The Morgan fingerprint density at radius 1 is 1.56 bits per heavy atom. The molecule has 1 aromatic heterocycles. The lowest BCUT2D eigenvalue weighted by atomic mass is 10.0. The molecular weight excluding hydrogens is 232 g/mol. The highest BCUT2D eigenvalue weighted by molar-refractivity contribution is 5.73. The Balaban J connectivity index is 2.64. The second kappa shape index (κ2) is 6.30. The maximum Gasteiger partial charge on any atom is 0.320 e. The van der Waals surface area contributed by atoms with Crippen LogP contribution < -0.4 is 11.1 Å². The monoisotopic (exact) mass is 252 g/mol. The zero-order valence-electron chi connectivity index (χ0n) is 11.0. The lowest BCUT2D eigenvalue weighted by Crippen LogP contribution is -2.37. The van der Waals surface area contributed by atoms with Crippen LogP contribution in [0.2, 0.25) is 0 Å². The van der Waals surface area contributed by atoms with Crippen molar-refractivity contribution in [3.8, 4) is 0 Å². The first-order valence-corrected chi connectivity index (χ1v) is 5.94. The minimum Gasteiger partial charge on any atom is -0.480 e. The summed E-state index contributed by atoms with van der Waals surface area (Å²) in [6, 6.07) is -0.578. The van der Waals surface area contributed by atoms with Gasteiger partial charge in [-0.25, -0.2) is 9.97 Å². The Morgan fingerprint density at radius 3 is 2.72 bits per heavy atom. The molecule has 4 N–H and O–H groups in total. The minimum absolute atomic E-state index is 0.310. The Hall–Kier alpha value is -1.69. The van der Waals surface area contributed by atoms with Crippen molar-refractivity contribution in [3.63, 3.8) is 0 Å². The molecule has 1 rings (SSSR count). The largest absolute Gasteiger partial charge is 0.480 e. The number of nitrogens with two attached hydrogens (primary N) is 1. The van der Waals surface area contributed by atoms with E-state index in [2.05, 4.69) is 15.3 Å². The van der Waals surface area contributed by atoms with E-state index in [0.29, 0.717) is 30.5 Å². The molecule has 0 radical (unpaired) electrons. The topological polar surface area (TPSA) is 101 Å². The van der Waals surface area contributed by atoms with E-state index in [1.807, 2.05) is 13.8 Å². The smallest absolute Gasteiger partial charge is 0.320 e. The highest BCUT2D eigenvalue weighted by atomic mass is 16.4. The zero-order valence-corrected chi connectivity index (χ0v) is 11.0. The van der Waals surface area contributed by atoms with Gasteiger partial charge in [0.2, 0.25) is 0 Å². The number of aliphatic carboxylic acids is 1. The summed E-state index contributed by atoms with van der Waals surface area (Å²) in [5.74, 6) is 0.456. The summed E-state index contributed by atoms with van der Waals surface area (Å²) in [6.45, 7) is 6.09. The predicted molar refractivity (Wildman–Crippen MR) is 68.9 cm³/mol. The number of hydrogen-bond donors (Lipinski definition) is 3. The molecule has 0 aliphatic rings. The SMILES string of the molecule is Cc1ncc(CNC(CC(C)C)C(=O)O)c(N)n1. The van der Waals surface area contributed by atoms with Crippen molar-refractivity contribution < 1.29 is 9.90 Å². The van der Waals surface area contributed by atoms with Gasteiger partial charge in [-0.15, -0.1) is 0 Å². The van der Waals surface area contributed by atoms with Crippen LogP contribution in [0.5, 0.6) is 0 Å². The molecule has 0 saturated heterocycles. The second-order valence-electron chi connectivity index (χ2n) is 4.73. The van der Waals surface area contributed by atoms with E-state index in [1.54, 1.807) is 13.1 Å². The fourth-order valence-electron chi connectivity index (χ4n) is 1.62. The van der Waals surface area contributed by atoms with Gasteiger partial charge in [0.25, 0.3) is 0 Å². The third-order valence-corrected chi connectivity index (χ3v) is 2.56. The van der Waals surface area contributed by atoms with E-state index < -0.39 is 12.0 Å². The van der Waals surface area contributed by atoms with Gasteiger partial charge in [-0.05, 0) is 19.3 Å². The number of carboxylic acid groups (broad SMARTS) is 1. The summed E-state index contributed by atoms with van der Waals surface area (Å²) in [4.78, 5) is 19.2. The number of nitrogens with zero attached hydrogens (tertiary/aromatic N) is 2. The molecule has 0 aliphatic heterocycles. The quantitative estimate of drug-likeness (QED) is 0.697. The highest BCUT2D eigenvalue weighted by Gasteiger charge is 2.18. The third-order valence-electron chi connectivity index (χ3n) is 2.56. The van der Waals surface area contributed by atoms with Gasteiger partial charge >= 0.3 is 5.97 Å². The molecule has 6 nitrogen and oxygen atoms in total. The number of hydrogen-bond acceptors (Lipinski definition) is 5. The molecule has 1 atom stereocenters. The molecule has 0 bridgehead atoms. The Bertz CT molecular complexity index is 421. The number of aromatic nitrogens is 2. The average molecular weight is 252 g/mol. The predicted octanol–water partition coefficient (Wildman–Crippen LogP) is 0.956. The van der Waals surface area contributed by atoms with Crippen LogP contribution in [0.15, 0.2) is 6.20 Å². The van der Waals surface area contributed by atoms with Crippen LogP contribution in [0.4, 0.5) is 5.82 Å². The van der Waals surface area contributed by atoms with Gasteiger partial charge in [-0.1, -0.05) is 13.8 Å². The fraction of sp³-hybridized carbons (Fsp3) is 0.583.